The van der Waals surface area contributed by atoms with Crippen LogP contribution in [0.5, 0.6) is 23.3 Å². The SMILES string of the molecule is Cc1ncsc1-c1ccc([C@H](C)NC(=O)[C@@H]2C[C@@H](O)CN2C(=O)[C@@H](c2cc(OC/C=C/c3ccc(OC4CC(Oc5cc(N6C7CC[C@@H]6CN(c6cc(-c8ccccc8O)nnc6N)C7)ccn5)C4)cn3)no2)C(C)C)cc1. The van der Waals surface area contributed by atoms with Crippen LogP contribution in [0, 0.1) is 12.8 Å². The van der Waals surface area contributed by atoms with Gasteiger partial charge in [0.05, 0.1) is 51.5 Å². The van der Waals surface area contributed by atoms with Crippen molar-refractivity contribution in [1.29, 1.82) is 0 Å². The van der Waals surface area contributed by atoms with Gasteiger partial charge in [0.1, 0.15) is 42.3 Å². The summed E-state index contributed by atoms with van der Waals surface area (Å²) in [7, 11) is 0. The van der Waals surface area contributed by atoms with Crippen LogP contribution < -0.4 is 35.1 Å². The number of nitrogens with zero attached hydrogens (tertiary/aromatic N) is 9. The number of benzene rings is 2. The molecule has 3 aliphatic heterocycles. The average Bonchev–Trinajstić information content (AvgIpc) is 4.28. The molecule has 1 unspecified atom stereocenters. The van der Waals surface area contributed by atoms with Gasteiger partial charge in [-0.25, -0.2) is 9.97 Å². The van der Waals surface area contributed by atoms with Crippen molar-refractivity contribution in [1.82, 2.24) is 40.5 Å². The number of hydrogen-bond donors (Lipinski definition) is 4. The second-order valence-electron chi connectivity index (χ2n) is 21.0. The number of para-hydroxylation sites is 1. The van der Waals surface area contributed by atoms with Crippen molar-refractivity contribution in [3.05, 3.63) is 132 Å². The van der Waals surface area contributed by atoms with E-state index in [0.29, 0.717) is 40.2 Å². The number of aromatic hydroxyl groups is 1. The van der Waals surface area contributed by atoms with Gasteiger partial charge in [-0.15, -0.1) is 21.5 Å². The summed E-state index contributed by atoms with van der Waals surface area (Å²) in [6.45, 7) is 9.43. The molecule has 2 amide bonds. The predicted molar refractivity (Wildman–Crippen MR) is 295 cm³/mol. The van der Waals surface area contributed by atoms with E-state index in [1.807, 2.05) is 112 Å². The van der Waals surface area contributed by atoms with Gasteiger partial charge in [-0.3, -0.25) is 14.6 Å². The fourth-order valence-electron chi connectivity index (χ4n) is 11.1. The molecule has 2 aromatic carbocycles. The average molecular weight is 1070 g/mol. The highest BCUT2D eigenvalue weighted by Gasteiger charge is 2.44. The summed E-state index contributed by atoms with van der Waals surface area (Å²) < 4.78 is 24.1. The van der Waals surface area contributed by atoms with Crippen LogP contribution in [-0.2, 0) is 9.59 Å². The van der Waals surface area contributed by atoms with Gasteiger partial charge in [-0.2, -0.15) is 0 Å². The number of pyridine rings is 2. The third-order valence-electron chi connectivity index (χ3n) is 15.2. The van der Waals surface area contributed by atoms with E-state index in [4.69, 9.17) is 24.5 Å². The normalized spacial score (nSPS) is 21.6. The molecule has 4 aliphatic rings. The van der Waals surface area contributed by atoms with E-state index in [0.717, 1.165) is 71.8 Å². The van der Waals surface area contributed by atoms with E-state index in [1.54, 1.807) is 35.7 Å². The topological polar surface area (TPSA) is 241 Å². The fraction of sp³-hybridized carbons (Fsp3) is 0.379. The third kappa shape index (κ3) is 11.2. The molecule has 6 atom stereocenters. The van der Waals surface area contributed by atoms with Crippen LogP contribution in [0.15, 0.2) is 113 Å². The zero-order valence-electron chi connectivity index (χ0n) is 43.9. The van der Waals surface area contributed by atoms with Crippen LogP contribution in [0.3, 0.4) is 0 Å². The van der Waals surface area contributed by atoms with E-state index in [1.165, 1.54) is 4.90 Å². The van der Waals surface area contributed by atoms with Gasteiger partial charge < -0.3 is 54.7 Å². The van der Waals surface area contributed by atoms with Gasteiger partial charge in [0.25, 0.3) is 5.88 Å². The lowest BCUT2D eigenvalue weighted by Crippen LogP contribution is -2.54. The van der Waals surface area contributed by atoms with Gasteiger partial charge >= 0.3 is 0 Å². The first-order valence-corrected chi connectivity index (χ1v) is 27.4. The molecule has 3 saturated heterocycles. The van der Waals surface area contributed by atoms with Crippen molar-refractivity contribution in [3.63, 3.8) is 0 Å². The molecule has 8 heterocycles. The number of carbonyl (C=O) groups excluding carboxylic acids is 2. The summed E-state index contributed by atoms with van der Waals surface area (Å²) in [6, 6.07) is 25.8. The Labute approximate surface area is 456 Å². The van der Waals surface area contributed by atoms with Gasteiger partial charge in [0, 0.05) is 80.6 Å². The van der Waals surface area contributed by atoms with Crippen LogP contribution in [0.25, 0.3) is 27.8 Å². The van der Waals surface area contributed by atoms with Crippen LogP contribution >= 0.6 is 11.3 Å². The minimum Gasteiger partial charge on any atom is -0.507 e. The summed E-state index contributed by atoms with van der Waals surface area (Å²) in [6.07, 6.45) is 9.95. The number of fused-ring (bicyclic) bond motifs is 2. The molecule has 0 spiro atoms. The summed E-state index contributed by atoms with van der Waals surface area (Å²) >= 11 is 1.58. The molecule has 0 radical (unpaired) electrons. The number of aliphatic hydroxyl groups excluding tert-OH is 1. The maximum Gasteiger partial charge on any atom is 0.254 e. The minimum atomic E-state index is -0.851. The first-order valence-electron chi connectivity index (χ1n) is 26.6. The number of thiazole rings is 1. The summed E-state index contributed by atoms with van der Waals surface area (Å²) in [4.78, 5) is 48.7. The zero-order chi connectivity index (χ0) is 54.0. The molecule has 2 bridgehead atoms. The number of β-amino-alcohol motifs (C(OH)–C–C–N with tert-alkyl or cyclic N) is 1. The molecular formula is C58H63N11O8S. The van der Waals surface area contributed by atoms with Crippen molar-refractivity contribution >= 4 is 46.4 Å². The van der Waals surface area contributed by atoms with E-state index in [-0.39, 0.29) is 79.3 Å². The number of anilines is 3. The standard InChI is InChI=1S/C58H63N11O8S/c1-33(2)54(58(73)68-31-42(70)23-49(68)57(72)63-34(3)36-11-13-37(14-12-36)55-35(4)62-32-78-55)51-27-53(66-77-51)74-21-7-8-38-15-18-43(28-61-38)75-44-24-45(25-44)76-52-22-39(19-20-60-52)69-40-16-17-41(69)30-67(29-40)48-26-47(64-65-56(48)59)46-9-5-6-10-50(46)71/h5-15,18-20,22,26-28,32-34,40-42,44-45,49,54,70-71H,16-17,21,23-25,29-31H2,1-4H3,(H2,59,65)(H,63,72)/b8-7+/t34-,40+,41?,42+,44?,45?,49-,54+/m0/s1. The Hall–Kier alpha value is -8.10. The predicted octanol–water partition coefficient (Wildman–Crippen LogP) is 8.16. The largest absolute Gasteiger partial charge is 0.507 e. The molecule has 78 heavy (non-hydrogen) atoms. The second-order valence-corrected chi connectivity index (χ2v) is 21.8. The first-order chi connectivity index (χ1) is 37.8. The molecule has 404 valence electrons. The van der Waals surface area contributed by atoms with Crippen LogP contribution in [-0.4, -0.2) is 120 Å². The van der Waals surface area contributed by atoms with Crippen LogP contribution in [0.4, 0.5) is 17.2 Å². The van der Waals surface area contributed by atoms with Crippen molar-refractivity contribution in [2.24, 2.45) is 5.92 Å². The third-order valence-corrected chi connectivity index (χ3v) is 16.2. The van der Waals surface area contributed by atoms with Crippen LogP contribution in [0.2, 0.25) is 0 Å². The molecule has 11 rings (SSSR count). The number of phenols is 1. The maximum absolute atomic E-state index is 14.2. The molecule has 1 saturated carbocycles. The quantitative estimate of drug-likeness (QED) is 0.0634. The van der Waals surface area contributed by atoms with Gasteiger partial charge in [-0.05, 0) is 97.4 Å². The number of nitrogens with two attached hydrogens (primary N) is 1. The number of aliphatic hydroxyl groups is 1. The van der Waals surface area contributed by atoms with Crippen LogP contribution in [0.1, 0.15) is 87.5 Å². The second kappa shape index (κ2) is 22.5. The van der Waals surface area contributed by atoms with E-state index >= 15 is 0 Å². The van der Waals surface area contributed by atoms with Gasteiger partial charge in [0.15, 0.2) is 11.6 Å². The Kier molecular flexibility index (Phi) is 15.0. The number of rotatable bonds is 18. The highest BCUT2D eigenvalue weighted by Crippen LogP contribution is 2.41. The number of carbonyl (C=O) groups is 2. The summed E-state index contributed by atoms with van der Waals surface area (Å²) in [5.74, 6) is 0.684. The van der Waals surface area contributed by atoms with Gasteiger partial charge in [0.2, 0.25) is 17.7 Å². The lowest BCUT2D eigenvalue weighted by Gasteiger charge is -2.43. The van der Waals surface area contributed by atoms with E-state index in [9.17, 15) is 19.8 Å². The lowest BCUT2D eigenvalue weighted by molar-refractivity contribution is -0.141. The highest BCUT2D eigenvalue weighted by molar-refractivity contribution is 7.13. The summed E-state index contributed by atoms with van der Waals surface area (Å²) in [5, 5.41) is 36.8. The Morgan fingerprint density at radius 2 is 1.68 bits per heavy atom. The number of phenolic OH excluding ortho intramolecular Hbond substituents is 1. The molecule has 5 N–H and O–H groups in total. The van der Waals surface area contributed by atoms with E-state index in [2.05, 4.69) is 51.5 Å². The smallest absolute Gasteiger partial charge is 0.254 e. The number of hydrogen-bond acceptors (Lipinski definition) is 18. The number of nitrogen functional groups attached to an aromatic ring is 1. The van der Waals surface area contributed by atoms with Crippen molar-refractivity contribution in [3.8, 4) is 45.0 Å². The van der Waals surface area contributed by atoms with Crippen molar-refractivity contribution in [2.45, 2.75) is 108 Å². The number of likely N-dealkylation sites (tertiary alicyclic amines) is 1. The number of aromatic nitrogens is 6. The molecule has 20 heteroatoms. The summed E-state index contributed by atoms with van der Waals surface area (Å²) in [5.41, 5.74) is 15.0. The molecule has 4 fully saturated rings. The number of aryl methyl sites for hydroxylation is 1. The number of nitrogens with one attached hydrogen (secondary N) is 1. The number of ether oxygens (including phenoxy) is 3. The Morgan fingerprint density at radius 3 is 2.41 bits per heavy atom. The first kappa shape index (κ1) is 52.0. The molecule has 1 aliphatic carbocycles. The Balaban J connectivity index is 0.623. The number of amides is 2. The van der Waals surface area contributed by atoms with Crippen molar-refractivity contribution in [2.75, 3.05) is 41.8 Å². The van der Waals surface area contributed by atoms with E-state index < -0.39 is 18.1 Å². The molecule has 19 nitrogen and oxygen atoms in total. The Morgan fingerprint density at radius 1 is 0.897 bits per heavy atom. The minimum absolute atomic E-state index is 0.0102. The lowest BCUT2D eigenvalue weighted by atomic mass is 9.91. The Bertz CT molecular complexity index is 3260. The molecular weight excluding hydrogens is 1010 g/mol. The molecule has 7 aromatic rings. The number of piperazine rings is 1. The molecule has 5 aromatic heterocycles. The highest BCUT2D eigenvalue weighted by atomic mass is 32.1. The fourth-order valence-corrected chi connectivity index (χ4v) is 12.0. The monoisotopic (exact) mass is 1070 g/mol. The maximum atomic E-state index is 14.2. The van der Waals surface area contributed by atoms with Gasteiger partial charge in [-0.1, -0.05) is 50.2 Å². The van der Waals surface area contributed by atoms with Crippen molar-refractivity contribution < 1.29 is 38.5 Å². The zero-order valence-corrected chi connectivity index (χ0v) is 44.7.